The molecule has 2 aromatic rings. The Hall–Kier alpha value is -2.16. The Morgan fingerprint density at radius 2 is 1.39 bits per heavy atom. The summed E-state index contributed by atoms with van der Waals surface area (Å²) in [6.45, 7) is 11.5. The molecule has 4 rings (SSSR count). The fourth-order valence-corrected chi connectivity index (χ4v) is 3.03. The minimum absolute atomic E-state index is 0. The largest absolute Gasteiger partial charge is 0.490 e. The van der Waals surface area contributed by atoms with Crippen molar-refractivity contribution in [1.82, 2.24) is 0 Å². The molecule has 0 saturated heterocycles. The molecule has 0 radical (unpaired) electrons. The number of hydrogen-bond donors (Lipinski definition) is 0. The predicted molar refractivity (Wildman–Crippen MR) is 119 cm³/mol. The molecule has 156 valence electrons. The second kappa shape index (κ2) is 9.86. The summed E-state index contributed by atoms with van der Waals surface area (Å²) in [6, 6.07) is 16.1. The maximum absolute atomic E-state index is 5.87. The van der Waals surface area contributed by atoms with E-state index in [2.05, 4.69) is 52.8 Å². The molecule has 0 spiro atoms. The predicted octanol–water partition coefficient (Wildman–Crippen LogP) is 6.79. The smallest absolute Gasteiger partial charge is 0.161 e. The van der Waals surface area contributed by atoms with E-state index in [0.717, 1.165) is 23.7 Å². The summed E-state index contributed by atoms with van der Waals surface area (Å²) >= 11 is 0. The summed E-state index contributed by atoms with van der Waals surface area (Å²) in [6.07, 6.45) is 1.60. The average Bonchev–Trinajstić information content (AvgIpc) is 3.06. The van der Waals surface area contributed by atoms with Crippen LogP contribution in [0, 0.1) is 11.3 Å². The third-order valence-electron chi connectivity index (χ3n) is 4.89. The monoisotopic (exact) mass is 386 g/mol. The molecule has 0 aromatic heterocycles. The molecular formula is C25H38O3. The Balaban J connectivity index is 0.000000264. The molecule has 28 heavy (non-hydrogen) atoms. The summed E-state index contributed by atoms with van der Waals surface area (Å²) in [4.78, 5) is 0. The van der Waals surface area contributed by atoms with E-state index >= 15 is 0 Å². The summed E-state index contributed by atoms with van der Waals surface area (Å²) < 4.78 is 17.3. The van der Waals surface area contributed by atoms with E-state index in [-0.39, 0.29) is 26.4 Å². The van der Waals surface area contributed by atoms with Gasteiger partial charge < -0.3 is 14.2 Å². The number of ether oxygens (including phenoxy) is 3. The fraction of sp³-hybridized carbons (Fsp3) is 0.520. The van der Waals surface area contributed by atoms with E-state index in [4.69, 9.17) is 14.2 Å². The van der Waals surface area contributed by atoms with Gasteiger partial charge in [0.1, 0.15) is 24.6 Å². The van der Waals surface area contributed by atoms with Crippen molar-refractivity contribution >= 4 is 0 Å². The number of fused-ring (bicyclic) bond motifs is 2. The second-order valence-electron chi connectivity index (χ2n) is 8.44. The van der Waals surface area contributed by atoms with Crippen LogP contribution in [0.25, 0.3) is 0 Å². The molecule has 2 atom stereocenters. The number of benzene rings is 2. The van der Waals surface area contributed by atoms with E-state index in [1.807, 2.05) is 30.3 Å². The Morgan fingerprint density at radius 1 is 0.821 bits per heavy atom. The molecule has 2 aliphatic heterocycles. The number of hydrogen-bond acceptors (Lipinski definition) is 3. The van der Waals surface area contributed by atoms with Crippen molar-refractivity contribution in [3.63, 3.8) is 0 Å². The Morgan fingerprint density at radius 3 is 1.96 bits per heavy atom. The van der Waals surface area contributed by atoms with Gasteiger partial charge in [-0.25, -0.2) is 0 Å². The van der Waals surface area contributed by atoms with Crippen LogP contribution in [0.3, 0.4) is 0 Å². The maximum Gasteiger partial charge on any atom is 0.161 e. The number of rotatable bonds is 1. The normalized spacial score (nSPS) is 19.2. The minimum Gasteiger partial charge on any atom is -0.490 e. The van der Waals surface area contributed by atoms with Crippen LogP contribution in [0.5, 0.6) is 17.2 Å². The van der Waals surface area contributed by atoms with Crippen molar-refractivity contribution in [1.29, 1.82) is 0 Å². The van der Waals surface area contributed by atoms with Gasteiger partial charge in [-0.1, -0.05) is 79.8 Å². The Bertz CT molecular complexity index is 706. The SMILES string of the molecule is C.C.CC(C)(C)C1COc2ccccc2O1.CC(C)C1Cc2ccccc2O1. The van der Waals surface area contributed by atoms with Gasteiger partial charge in [0, 0.05) is 11.8 Å². The van der Waals surface area contributed by atoms with Crippen LogP contribution in [0.15, 0.2) is 48.5 Å². The molecule has 0 saturated carbocycles. The summed E-state index contributed by atoms with van der Waals surface area (Å²) in [7, 11) is 0. The molecule has 3 nitrogen and oxygen atoms in total. The van der Waals surface area contributed by atoms with Gasteiger partial charge in [-0.3, -0.25) is 0 Å². The lowest BCUT2D eigenvalue weighted by Gasteiger charge is -2.34. The first-order chi connectivity index (χ1) is 12.3. The van der Waals surface area contributed by atoms with E-state index in [0.29, 0.717) is 18.6 Å². The molecule has 0 bridgehead atoms. The van der Waals surface area contributed by atoms with E-state index in [1.54, 1.807) is 0 Å². The van der Waals surface area contributed by atoms with Crippen molar-refractivity contribution in [3.8, 4) is 17.2 Å². The van der Waals surface area contributed by atoms with Crippen LogP contribution >= 0.6 is 0 Å². The quantitative estimate of drug-likeness (QED) is 0.540. The summed E-state index contributed by atoms with van der Waals surface area (Å²) in [5.41, 5.74) is 1.48. The van der Waals surface area contributed by atoms with Crippen LogP contribution in [0.1, 0.15) is 55.0 Å². The zero-order valence-corrected chi connectivity index (χ0v) is 16.5. The van der Waals surface area contributed by atoms with Gasteiger partial charge >= 0.3 is 0 Å². The Kier molecular flexibility index (Phi) is 8.41. The third-order valence-corrected chi connectivity index (χ3v) is 4.89. The molecule has 2 unspecified atom stereocenters. The van der Waals surface area contributed by atoms with Crippen molar-refractivity contribution in [2.24, 2.45) is 11.3 Å². The molecule has 0 N–H and O–H groups in total. The second-order valence-corrected chi connectivity index (χ2v) is 8.44. The molecule has 0 aliphatic carbocycles. The first-order valence-corrected chi connectivity index (χ1v) is 9.47. The minimum atomic E-state index is 0. The highest BCUT2D eigenvalue weighted by molar-refractivity contribution is 5.41. The first-order valence-electron chi connectivity index (χ1n) is 9.47. The van der Waals surface area contributed by atoms with E-state index in [1.165, 1.54) is 5.56 Å². The van der Waals surface area contributed by atoms with Crippen LogP contribution in [0.4, 0.5) is 0 Å². The van der Waals surface area contributed by atoms with Gasteiger partial charge in [0.2, 0.25) is 0 Å². The van der Waals surface area contributed by atoms with Crippen molar-refractivity contribution in [3.05, 3.63) is 54.1 Å². The van der Waals surface area contributed by atoms with Gasteiger partial charge in [0.15, 0.2) is 11.5 Å². The third kappa shape index (κ3) is 5.67. The van der Waals surface area contributed by atoms with Crippen LogP contribution in [-0.2, 0) is 6.42 Å². The van der Waals surface area contributed by atoms with E-state index < -0.39 is 0 Å². The standard InChI is InChI=1S/C12H16O2.C11H14O.2CH4/c1-12(2,3)11-8-13-9-6-4-5-7-10(9)14-11;1-8(2)11-7-9-5-3-4-6-10(9)12-11;;/h4-7,11H,8H2,1-3H3;3-6,8,11H,7H2,1-2H3;2*1H4. The molecule has 0 amide bonds. The van der Waals surface area contributed by atoms with Gasteiger partial charge in [-0.05, 0) is 29.7 Å². The van der Waals surface area contributed by atoms with Crippen LogP contribution in [0.2, 0.25) is 0 Å². The highest BCUT2D eigenvalue weighted by Crippen LogP contribution is 2.35. The highest BCUT2D eigenvalue weighted by atomic mass is 16.6. The van der Waals surface area contributed by atoms with Gasteiger partial charge in [-0.2, -0.15) is 0 Å². The highest BCUT2D eigenvalue weighted by Gasteiger charge is 2.31. The topological polar surface area (TPSA) is 27.7 Å². The lowest BCUT2D eigenvalue weighted by Crippen LogP contribution is -2.39. The van der Waals surface area contributed by atoms with Gasteiger partial charge in [-0.15, -0.1) is 0 Å². The van der Waals surface area contributed by atoms with Gasteiger partial charge in [0.05, 0.1) is 0 Å². The van der Waals surface area contributed by atoms with Crippen LogP contribution < -0.4 is 14.2 Å². The first kappa shape index (κ1) is 23.9. The lowest BCUT2D eigenvalue weighted by molar-refractivity contribution is 0.0163. The average molecular weight is 387 g/mol. The fourth-order valence-electron chi connectivity index (χ4n) is 3.03. The van der Waals surface area contributed by atoms with E-state index in [9.17, 15) is 0 Å². The molecule has 2 heterocycles. The zero-order valence-electron chi connectivity index (χ0n) is 16.5. The Labute approximate surface area is 172 Å². The molecule has 2 aliphatic rings. The van der Waals surface area contributed by atoms with Crippen molar-refractivity contribution < 1.29 is 14.2 Å². The number of para-hydroxylation sites is 3. The summed E-state index contributed by atoms with van der Waals surface area (Å²) in [5, 5.41) is 0. The van der Waals surface area contributed by atoms with Gasteiger partial charge in [0.25, 0.3) is 0 Å². The molecule has 3 heteroatoms. The maximum atomic E-state index is 5.87. The van der Waals surface area contributed by atoms with Crippen LogP contribution in [-0.4, -0.2) is 18.8 Å². The van der Waals surface area contributed by atoms with Crippen molar-refractivity contribution in [2.45, 2.75) is 68.1 Å². The molecular weight excluding hydrogens is 348 g/mol. The molecule has 0 fully saturated rings. The lowest BCUT2D eigenvalue weighted by atomic mass is 9.89. The zero-order chi connectivity index (χ0) is 18.7. The molecule has 2 aromatic carbocycles. The summed E-state index contributed by atoms with van der Waals surface area (Å²) in [5.74, 6) is 3.40. The van der Waals surface area contributed by atoms with Crippen molar-refractivity contribution in [2.75, 3.05) is 6.61 Å².